The predicted molar refractivity (Wildman–Crippen MR) is 93.9 cm³/mol. The number of H-pyrrole nitrogens is 1. The van der Waals surface area contributed by atoms with Crippen LogP contribution in [0.2, 0.25) is 0 Å². The third-order valence-corrected chi connectivity index (χ3v) is 4.97. The smallest absolute Gasteiger partial charge is 0.157 e. The van der Waals surface area contributed by atoms with E-state index in [9.17, 15) is 0 Å². The van der Waals surface area contributed by atoms with Gasteiger partial charge in [0.25, 0.3) is 0 Å². The summed E-state index contributed by atoms with van der Waals surface area (Å²) in [6.07, 6.45) is 6.80. The largest absolute Gasteiger partial charge is 0.497 e. The van der Waals surface area contributed by atoms with Crippen molar-refractivity contribution in [3.8, 4) is 5.75 Å². The quantitative estimate of drug-likeness (QED) is 0.830. The third-order valence-electron chi connectivity index (χ3n) is 4.97. The van der Waals surface area contributed by atoms with Crippen molar-refractivity contribution in [3.63, 3.8) is 0 Å². The van der Waals surface area contributed by atoms with E-state index in [0.717, 1.165) is 25.2 Å². The Hall–Kier alpha value is -1.81. The lowest BCUT2D eigenvalue weighted by Crippen LogP contribution is -2.27. The van der Waals surface area contributed by atoms with Crippen molar-refractivity contribution in [1.29, 1.82) is 0 Å². The summed E-state index contributed by atoms with van der Waals surface area (Å²) in [4.78, 5) is 3.39. The minimum absolute atomic E-state index is 0.594. The minimum atomic E-state index is 0.594. The zero-order valence-corrected chi connectivity index (χ0v) is 14.4. The second kappa shape index (κ2) is 7.18. The monoisotopic (exact) mass is 315 g/mol. The van der Waals surface area contributed by atoms with Gasteiger partial charge in [0.05, 0.1) is 20.1 Å². The molecule has 1 aliphatic heterocycles. The van der Waals surface area contributed by atoms with Crippen LogP contribution in [-0.2, 0) is 11.2 Å². The Morgan fingerprint density at radius 3 is 3.00 bits per heavy atom. The van der Waals surface area contributed by atoms with E-state index in [-0.39, 0.29) is 0 Å². The molecule has 1 atom stereocenters. The number of hydrogen-bond acceptors (Lipinski definition) is 2. The highest BCUT2D eigenvalue weighted by Crippen LogP contribution is 2.27. The lowest BCUT2D eigenvalue weighted by Gasteiger charge is -2.11. The molecule has 23 heavy (non-hydrogen) atoms. The standard InChI is InChI=1S/C19H27N2O2/c1-14(8-10-22-2)21-9-4-5-16(21)11-15-13-20-19-7-6-17(23-3)12-18(15)19/h6-7,12-13,16,20H,4-5,8-11H2,1-3H3/q+1/t16-/m1/s1. The number of aromatic amines is 1. The molecule has 0 aliphatic carbocycles. The average molecular weight is 315 g/mol. The van der Waals surface area contributed by atoms with E-state index < -0.39 is 0 Å². The maximum atomic E-state index is 5.38. The van der Waals surface area contributed by atoms with Gasteiger partial charge >= 0.3 is 0 Å². The molecule has 1 saturated heterocycles. The zero-order valence-electron chi connectivity index (χ0n) is 14.4. The molecule has 1 fully saturated rings. The second-order valence-corrected chi connectivity index (χ2v) is 6.40. The summed E-state index contributed by atoms with van der Waals surface area (Å²) in [6, 6.07) is 6.84. The maximum absolute atomic E-state index is 5.38. The fourth-order valence-corrected chi connectivity index (χ4v) is 3.65. The van der Waals surface area contributed by atoms with Gasteiger partial charge in [-0.15, -0.1) is 0 Å². The van der Waals surface area contributed by atoms with E-state index in [2.05, 4.69) is 34.8 Å². The number of hydrogen-bond donors (Lipinski definition) is 1. The molecule has 0 spiro atoms. The molecule has 2 heterocycles. The Kier molecular flexibility index (Phi) is 5.01. The predicted octanol–water partition coefficient (Wildman–Crippen LogP) is 3.39. The Bertz CT molecular complexity index is 702. The summed E-state index contributed by atoms with van der Waals surface area (Å²) >= 11 is 0. The summed E-state index contributed by atoms with van der Waals surface area (Å²) in [5.41, 5.74) is 4.02. The van der Waals surface area contributed by atoms with Crippen molar-refractivity contribution >= 4 is 16.6 Å². The van der Waals surface area contributed by atoms with Crippen LogP contribution in [0.5, 0.6) is 5.75 Å². The van der Waals surface area contributed by atoms with Crippen LogP contribution in [0, 0.1) is 0 Å². The molecule has 124 valence electrons. The summed E-state index contributed by atoms with van der Waals surface area (Å²) in [7, 11) is 3.49. The SMILES string of the molecule is COCCC(C)=[N+]1CCC[C@@H]1Cc1c[nH]c2ccc(OC)cc12. The molecule has 4 heteroatoms. The molecule has 3 rings (SSSR count). The molecule has 0 bridgehead atoms. The van der Waals surface area contributed by atoms with Gasteiger partial charge in [-0.25, -0.2) is 4.58 Å². The molecular weight excluding hydrogens is 288 g/mol. The van der Waals surface area contributed by atoms with Crippen LogP contribution in [0.4, 0.5) is 0 Å². The van der Waals surface area contributed by atoms with Gasteiger partial charge < -0.3 is 14.5 Å². The first-order valence-corrected chi connectivity index (χ1v) is 8.45. The first kappa shape index (κ1) is 16.1. The van der Waals surface area contributed by atoms with Gasteiger partial charge in [-0.2, -0.15) is 0 Å². The van der Waals surface area contributed by atoms with Gasteiger partial charge in [0.15, 0.2) is 11.8 Å². The van der Waals surface area contributed by atoms with E-state index in [0.29, 0.717) is 6.04 Å². The Labute approximate surface area is 138 Å². The van der Waals surface area contributed by atoms with Crippen LogP contribution in [-0.4, -0.2) is 48.7 Å². The molecule has 0 amide bonds. The molecule has 0 unspecified atom stereocenters. The highest BCUT2D eigenvalue weighted by atomic mass is 16.5. The number of rotatable bonds is 6. The van der Waals surface area contributed by atoms with Crippen LogP contribution in [0.1, 0.15) is 31.7 Å². The molecule has 1 aromatic heterocycles. The van der Waals surface area contributed by atoms with Crippen molar-refractivity contribution in [1.82, 2.24) is 4.98 Å². The summed E-state index contributed by atoms with van der Waals surface area (Å²) < 4.78 is 13.2. The van der Waals surface area contributed by atoms with E-state index in [1.807, 2.05) is 6.07 Å². The van der Waals surface area contributed by atoms with Crippen LogP contribution in [0.3, 0.4) is 0 Å². The van der Waals surface area contributed by atoms with E-state index in [1.165, 1.54) is 41.6 Å². The molecule has 0 saturated carbocycles. The molecule has 1 N–H and O–H groups in total. The van der Waals surface area contributed by atoms with Crippen LogP contribution in [0.15, 0.2) is 24.4 Å². The molecule has 4 nitrogen and oxygen atoms in total. The lowest BCUT2D eigenvalue weighted by atomic mass is 10.0. The molecule has 2 aromatic rings. The number of aromatic nitrogens is 1. The van der Waals surface area contributed by atoms with Gasteiger partial charge in [0.1, 0.15) is 12.3 Å². The molecule has 1 aromatic carbocycles. The molecule has 0 radical (unpaired) electrons. The van der Waals surface area contributed by atoms with E-state index >= 15 is 0 Å². The zero-order chi connectivity index (χ0) is 16.2. The topological polar surface area (TPSA) is 37.3 Å². The maximum Gasteiger partial charge on any atom is 0.157 e. The Morgan fingerprint density at radius 1 is 1.35 bits per heavy atom. The number of ether oxygens (including phenoxy) is 2. The van der Waals surface area contributed by atoms with Gasteiger partial charge in [-0.05, 0) is 23.8 Å². The summed E-state index contributed by atoms with van der Waals surface area (Å²) in [5, 5.41) is 1.28. The number of nitrogens with one attached hydrogen (secondary N) is 1. The van der Waals surface area contributed by atoms with Crippen molar-refractivity contribution in [2.75, 3.05) is 27.4 Å². The molecule has 1 aliphatic rings. The average Bonchev–Trinajstić information content (AvgIpc) is 3.20. The second-order valence-electron chi connectivity index (χ2n) is 6.40. The van der Waals surface area contributed by atoms with Crippen molar-refractivity contribution in [2.45, 2.75) is 38.6 Å². The van der Waals surface area contributed by atoms with Crippen LogP contribution < -0.4 is 4.74 Å². The minimum Gasteiger partial charge on any atom is -0.497 e. The van der Waals surface area contributed by atoms with Gasteiger partial charge in [-0.3, -0.25) is 0 Å². The normalized spacial score (nSPS) is 20.2. The summed E-state index contributed by atoms with van der Waals surface area (Å²) in [6.45, 7) is 4.22. The molecular formula is C19H27N2O2+. The van der Waals surface area contributed by atoms with Crippen molar-refractivity contribution in [2.24, 2.45) is 0 Å². The number of fused-ring (bicyclic) bond motifs is 1. The number of benzene rings is 1. The first-order valence-electron chi connectivity index (χ1n) is 8.45. The number of methoxy groups -OCH3 is 2. The third kappa shape index (κ3) is 3.42. The van der Waals surface area contributed by atoms with Crippen molar-refractivity contribution in [3.05, 3.63) is 30.0 Å². The highest BCUT2D eigenvalue weighted by Gasteiger charge is 2.30. The highest BCUT2D eigenvalue weighted by molar-refractivity contribution is 5.84. The van der Waals surface area contributed by atoms with Gasteiger partial charge in [0, 0.05) is 50.4 Å². The Balaban J connectivity index is 1.83. The Morgan fingerprint density at radius 2 is 2.22 bits per heavy atom. The number of nitrogens with zero attached hydrogens (tertiary/aromatic N) is 1. The fourth-order valence-electron chi connectivity index (χ4n) is 3.65. The van der Waals surface area contributed by atoms with E-state index in [4.69, 9.17) is 9.47 Å². The first-order chi connectivity index (χ1) is 11.2. The van der Waals surface area contributed by atoms with E-state index in [1.54, 1.807) is 14.2 Å². The van der Waals surface area contributed by atoms with Gasteiger partial charge in [-0.1, -0.05) is 0 Å². The summed E-state index contributed by atoms with van der Waals surface area (Å²) in [5.74, 6) is 0.921. The lowest BCUT2D eigenvalue weighted by molar-refractivity contribution is -0.545. The van der Waals surface area contributed by atoms with Crippen LogP contribution in [0.25, 0.3) is 10.9 Å². The fraction of sp³-hybridized carbons (Fsp3) is 0.526. The van der Waals surface area contributed by atoms with Gasteiger partial charge in [0.2, 0.25) is 0 Å². The van der Waals surface area contributed by atoms with Crippen molar-refractivity contribution < 1.29 is 14.0 Å². The van der Waals surface area contributed by atoms with Crippen LogP contribution >= 0.6 is 0 Å².